The van der Waals surface area contributed by atoms with E-state index in [1.165, 1.54) is 32.4 Å². The Bertz CT molecular complexity index is 1340. The number of rotatable bonds is 7. The summed E-state index contributed by atoms with van der Waals surface area (Å²) in [6.45, 7) is 3.26. The van der Waals surface area contributed by atoms with Gasteiger partial charge in [0.25, 0.3) is 5.56 Å². The standard InChI is InChI=1S/C21H18Br2N4O6/c1-4-18-25-16-6-5-13(22)9-14(16)20(28)26(18)24-10-12-7-15(23)19(17(8-12)27(30)31)33-11(2)21(29)32-3/h5-11H,4H2,1-3H3/t11-/m1/s1. The molecule has 12 heteroatoms. The van der Waals surface area contributed by atoms with Gasteiger partial charge < -0.3 is 9.47 Å². The first kappa shape index (κ1) is 24.5. The highest BCUT2D eigenvalue weighted by molar-refractivity contribution is 9.10. The predicted molar refractivity (Wildman–Crippen MR) is 129 cm³/mol. The number of benzene rings is 2. The maximum absolute atomic E-state index is 13.0. The molecule has 10 nitrogen and oxygen atoms in total. The molecule has 0 aliphatic carbocycles. The number of nitro groups is 1. The molecule has 0 saturated heterocycles. The zero-order chi connectivity index (χ0) is 24.3. The van der Waals surface area contributed by atoms with Crippen LogP contribution in [-0.4, -0.2) is 40.0 Å². The van der Waals surface area contributed by atoms with E-state index >= 15 is 0 Å². The molecule has 0 bridgehead atoms. The van der Waals surface area contributed by atoms with Gasteiger partial charge in [0, 0.05) is 22.5 Å². The van der Waals surface area contributed by atoms with Crippen LogP contribution >= 0.6 is 31.9 Å². The third-order valence-corrected chi connectivity index (χ3v) is 5.67. The summed E-state index contributed by atoms with van der Waals surface area (Å²) in [5.74, 6) is -0.367. The first-order valence-electron chi connectivity index (χ1n) is 9.64. The molecule has 0 N–H and O–H groups in total. The van der Waals surface area contributed by atoms with Crippen molar-refractivity contribution in [2.75, 3.05) is 7.11 Å². The minimum Gasteiger partial charge on any atom is -0.471 e. The normalized spacial score (nSPS) is 12.2. The van der Waals surface area contributed by atoms with Crippen molar-refractivity contribution < 1.29 is 19.2 Å². The van der Waals surface area contributed by atoms with Gasteiger partial charge in [0.2, 0.25) is 5.75 Å². The number of hydrogen-bond acceptors (Lipinski definition) is 8. The van der Waals surface area contributed by atoms with Gasteiger partial charge in [0.05, 0.1) is 33.6 Å². The number of halogens is 2. The molecule has 0 unspecified atom stereocenters. The molecule has 1 atom stereocenters. The average molecular weight is 582 g/mol. The van der Waals surface area contributed by atoms with Crippen molar-refractivity contribution in [1.82, 2.24) is 9.66 Å². The molecule has 1 aromatic heterocycles. The zero-order valence-corrected chi connectivity index (χ0v) is 20.9. The molecule has 0 saturated carbocycles. The molecule has 172 valence electrons. The van der Waals surface area contributed by atoms with E-state index in [9.17, 15) is 19.7 Å². The maximum atomic E-state index is 13.0. The summed E-state index contributed by atoms with van der Waals surface area (Å²) in [6.07, 6.45) is 0.705. The van der Waals surface area contributed by atoms with Crippen molar-refractivity contribution in [2.24, 2.45) is 5.10 Å². The number of hydrogen-bond donors (Lipinski definition) is 0. The molecule has 2 aromatic carbocycles. The minimum atomic E-state index is -1.06. The van der Waals surface area contributed by atoms with Crippen molar-refractivity contribution in [3.63, 3.8) is 0 Å². The SMILES string of the molecule is CCc1nc2ccc(Br)cc2c(=O)n1N=Cc1cc(Br)c(O[C@H](C)C(=O)OC)c([N+](=O)[O-])c1. The third-order valence-electron chi connectivity index (χ3n) is 4.58. The van der Waals surface area contributed by atoms with Crippen LogP contribution in [0.3, 0.4) is 0 Å². The second-order valence-electron chi connectivity index (χ2n) is 6.80. The largest absolute Gasteiger partial charge is 0.471 e. The molecule has 0 aliphatic rings. The van der Waals surface area contributed by atoms with Crippen LogP contribution in [-0.2, 0) is 16.0 Å². The summed E-state index contributed by atoms with van der Waals surface area (Å²) in [4.78, 5) is 40.1. The Hall–Kier alpha value is -3.12. The van der Waals surface area contributed by atoms with Crippen LogP contribution in [0.1, 0.15) is 25.2 Å². The van der Waals surface area contributed by atoms with Crippen LogP contribution in [0.4, 0.5) is 5.69 Å². The van der Waals surface area contributed by atoms with Crippen molar-refractivity contribution in [2.45, 2.75) is 26.4 Å². The summed E-state index contributed by atoms with van der Waals surface area (Å²) < 4.78 is 12.2. The summed E-state index contributed by atoms with van der Waals surface area (Å²) in [5, 5.41) is 16.3. The number of fused-ring (bicyclic) bond motifs is 1. The van der Waals surface area contributed by atoms with E-state index in [4.69, 9.17) is 4.74 Å². The molecule has 3 aromatic rings. The number of aromatic nitrogens is 2. The fourth-order valence-corrected chi connectivity index (χ4v) is 3.91. The number of methoxy groups -OCH3 is 1. The number of nitro benzene ring substituents is 1. The van der Waals surface area contributed by atoms with Gasteiger partial charge in [-0.1, -0.05) is 22.9 Å². The van der Waals surface area contributed by atoms with Crippen LogP contribution in [0.25, 0.3) is 10.9 Å². The molecule has 0 fully saturated rings. The predicted octanol–water partition coefficient (Wildman–Crippen LogP) is 4.21. The Morgan fingerprint density at radius 3 is 2.70 bits per heavy atom. The molecular weight excluding hydrogens is 564 g/mol. The van der Waals surface area contributed by atoms with Crippen LogP contribution < -0.4 is 10.3 Å². The molecule has 0 aliphatic heterocycles. The van der Waals surface area contributed by atoms with Crippen molar-refractivity contribution in [1.29, 1.82) is 0 Å². The van der Waals surface area contributed by atoms with E-state index < -0.39 is 17.0 Å². The molecule has 1 heterocycles. The molecule has 3 rings (SSSR count). The number of nitrogens with zero attached hydrogens (tertiary/aromatic N) is 4. The van der Waals surface area contributed by atoms with Gasteiger partial charge in [-0.2, -0.15) is 9.78 Å². The third kappa shape index (κ3) is 5.28. The van der Waals surface area contributed by atoms with Gasteiger partial charge in [-0.25, -0.2) is 9.78 Å². The van der Waals surface area contributed by atoms with E-state index in [2.05, 4.69) is 46.7 Å². The fourth-order valence-electron chi connectivity index (χ4n) is 2.98. The molecule has 33 heavy (non-hydrogen) atoms. The zero-order valence-electron chi connectivity index (χ0n) is 17.7. The summed E-state index contributed by atoms with van der Waals surface area (Å²) >= 11 is 6.59. The van der Waals surface area contributed by atoms with Crippen LogP contribution in [0, 0.1) is 10.1 Å². The van der Waals surface area contributed by atoms with Gasteiger partial charge in [0.15, 0.2) is 6.10 Å². The first-order chi connectivity index (χ1) is 15.7. The summed E-state index contributed by atoms with van der Waals surface area (Å²) in [6, 6.07) is 7.95. The van der Waals surface area contributed by atoms with E-state index in [1.54, 1.807) is 18.2 Å². The van der Waals surface area contributed by atoms with Crippen LogP contribution in [0.15, 0.2) is 49.2 Å². The van der Waals surface area contributed by atoms with E-state index in [-0.39, 0.29) is 21.5 Å². The van der Waals surface area contributed by atoms with Gasteiger partial charge in [-0.3, -0.25) is 14.9 Å². The lowest BCUT2D eigenvalue weighted by atomic mass is 10.2. The molecule has 0 amide bonds. The summed E-state index contributed by atoms with van der Waals surface area (Å²) in [7, 11) is 1.19. The lowest BCUT2D eigenvalue weighted by molar-refractivity contribution is -0.386. The number of carbonyl (C=O) groups is 1. The monoisotopic (exact) mass is 580 g/mol. The van der Waals surface area contributed by atoms with Crippen molar-refractivity contribution in [3.05, 3.63) is 71.1 Å². The number of ether oxygens (including phenoxy) is 2. The van der Waals surface area contributed by atoms with Gasteiger partial charge in [0.1, 0.15) is 5.82 Å². The van der Waals surface area contributed by atoms with Crippen molar-refractivity contribution >= 4 is 60.6 Å². The van der Waals surface area contributed by atoms with E-state index in [1.807, 2.05) is 6.92 Å². The number of esters is 1. The lowest BCUT2D eigenvalue weighted by Crippen LogP contribution is -2.25. The lowest BCUT2D eigenvalue weighted by Gasteiger charge is -2.14. The second-order valence-corrected chi connectivity index (χ2v) is 8.57. The first-order valence-corrected chi connectivity index (χ1v) is 11.2. The van der Waals surface area contributed by atoms with Gasteiger partial charge >= 0.3 is 11.7 Å². The Morgan fingerprint density at radius 1 is 1.33 bits per heavy atom. The summed E-state index contributed by atoms with van der Waals surface area (Å²) in [5.41, 5.74) is 0.126. The minimum absolute atomic E-state index is 0.126. The van der Waals surface area contributed by atoms with Crippen molar-refractivity contribution in [3.8, 4) is 5.75 Å². The van der Waals surface area contributed by atoms with Crippen LogP contribution in [0.5, 0.6) is 5.75 Å². The number of carbonyl (C=O) groups excluding carboxylic acids is 1. The number of aryl methyl sites for hydroxylation is 1. The second kappa shape index (κ2) is 10.2. The highest BCUT2D eigenvalue weighted by Gasteiger charge is 2.25. The van der Waals surface area contributed by atoms with E-state index in [0.29, 0.717) is 28.7 Å². The topological polar surface area (TPSA) is 126 Å². The Balaban J connectivity index is 2.06. The van der Waals surface area contributed by atoms with E-state index in [0.717, 1.165) is 9.15 Å². The Morgan fingerprint density at radius 2 is 2.06 bits per heavy atom. The molecule has 0 radical (unpaired) electrons. The quantitative estimate of drug-likeness (QED) is 0.177. The maximum Gasteiger partial charge on any atom is 0.346 e. The fraction of sp³-hybridized carbons (Fsp3) is 0.238. The average Bonchev–Trinajstić information content (AvgIpc) is 2.79. The highest BCUT2D eigenvalue weighted by atomic mass is 79.9. The Kier molecular flexibility index (Phi) is 7.59. The molecular formula is C21H18Br2N4O6. The Labute approximate surface area is 204 Å². The molecule has 0 spiro atoms. The smallest absolute Gasteiger partial charge is 0.346 e. The van der Waals surface area contributed by atoms with Gasteiger partial charge in [-0.15, -0.1) is 0 Å². The van der Waals surface area contributed by atoms with Gasteiger partial charge in [-0.05, 0) is 47.1 Å². The highest BCUT2D eigenvalue weighted by Crippen LogP contribution is 2.37. The van der Waals surface area contributed by atoms with Crippen LogP contribution in [0.2, 0.25) is 0 Å².